The fourth-order valence-electron chi connectivity index (χ4n) is 3.94. The number of rotatable bonds is 6. The molecule has 1 atom stereocenters. The minimum absolute atomic E-state index is 0.0585. The molecular formula is C26H27N5O3S. The summed E-state index contributed by atoms with van der Waals surface area (Å²) in [6.07, 6.45) is 9.99. The number of nitrogens with zero attached hydrogens (tertiary/aromatic N) is 2. The van der Waals surface area contributed by atoms with E-state index >= 15 is 0 Å². The zero-order valence-electron chi connectivity index (χ0n) is 19.7. The Hall–Kier alpha value is -4.11. The van der Waals surface area contributed by atoms with Crippen molar-refractivity contribution in [3.05, 3.63) is 101 Å². The number of hydrogen-bond donors (Lipinski definition) is 3. The molecule has 180 valence electrons. The molecule has 35 heavy (non-hydrogen) atoms. The number of carbonyl (C=O) groups excluding carboxylic acids is 1. The van der Waals surface area contributed by atoms with Gasteiger partial charge >= 0.3 is 0 Å². The molecule has 2 heterocycles. The summed E-state index contributed by atoms with van der Waals surface area (Å²) in [5.74, 6) is -0.0585. The molecule has 0 saturated carbocycles. The Labute approximate surface area is 205 Å². The van der Waals surface area contributed by atoms with Crippen molar-refractivity contribution >= 4 is 33.4 Å². The van der Waals surface area contributed by atoms with Gasteiger partial charge in [0.1, 0.15) is 6.17 Å². The van der Waals surface area contributed by atoms with Crippen LogP contribution in [0.2, 0.25) is 0 Å². The summed E-state index contributed by atoms with van der Waals surface area (Å²) in [5, 5.41) is 11.3. The fourth-order valence-corrected chi connectivity index (χ4v) is 4.57. The molecule has 0 radical (unpaired) electrons. The van der Waals surface area contributed by atoms with Crippen LogP contribution in [-0.2, 0) is 9.84 Å². The smallest absolute Gasteiger partial charge is 0.253 e. The van der Waals surface area contributed by atoms with Crippen LogP contribution in [0, 0.1) is 5.41 Å². The van der Waals surface area contributed by atoms with Crippen molar-refractivity contribution in [3.63, 3.8) is 0 Å². The Bertz CT molecular complexity index is 1400. The second-order valence-corrected chi connectivity index (χ2v) is 10.6. The van der Waals surface area contributed by atoms with E-state index in [4.69, 9.17) is 11.1 Å². The highest BCUT2D eigenvalue weighted by Crippen LogP contribution is 2.32. The zero-order valence-corrected chi connectivity index (χ0v) is 20.5. The molecule has 0 spiro atoms. The second kappa shape index (κ2) is 9.27. The third-order valence-corrected chi connectivity index (χ3v) is 7.01. The van der Waals surface area contributed by atoms with Crippen molar-refractivity contribution in [1.29, 1.82) is 5.41 Å². The van der Waals surface area contributed by atoms with Crippen molar-refractivity contribution in [2.75, 3.05) is 20.4 Å². The number of amides is 1. The number of carbonyl (C=O) groups is 1. The number of nitrogens with one attached hydrogen (secondary N) is 2. The van der Waals surface area contributed by atoms with E-state index < -0.39 is 9.84 Å². The summed E-state index contributed by atoms with van der Waals surface area (Å²) in [5.41, 5.74) is 11.1. The van der Waals surface area contributed by atoms with Gasteiger partial charge in [-0.15, -0.1) is 0 Å². The molecule has 2 aliphatic rings. The molecule has 0 aliphatic carbocycles. The minimum Gasteiger partial charge on any atom is -0.398 e. The van der Waals surface area contributed by atoms with Crippen LogP contribution >= 0.6 is 0 Å². The van der Waals surface area contributed by atoms with Crippen LogP contribution in [0.4, 0.5) is 0 Å². The van der Waals surface area contributed by atoms with Crippen LogP contribution in [0.5, 0.6) is 0 Å². The van der Waals surface area contributed by atoms with Gasteiger partial charge in [0.2, 0.25) is 0 Å². The van der Waals surface area contributed by atoms with Gasteiger partial charge in [0.15, 0.2) is 9.84 Å². The highest BCUT2D eigenvalue weighted by atomic mass is 32.2. The van der Waals surface area contributed by atoms with E-state index in [1.165, 1.54) is 23.2 Å². The highest BCUT2D eigenvalue weighted by molar-refractivity contribution is 7.90. The molecule has 8 nitrogen and oxygen atoms in total. The largest absolute Gasteiger partial charge is 0.398 e. The topological polar surface area (TPSA) is 120 Å². The van der Waals surface area contributed by atoms with E-state index in [9.17, 15) is 13.2 Å². The van der Waals surface area contributed by atoms with Crippen molar-refractivity contribution in [1.82, 2.24) is 15.1 Å². The van der Waals surface area contributed by atoms with Crippen LogP contribution in [0.1, 0.15) is 21.5 Å². The van der Waals surface area contributed by atoms with Gasteiger partial charge in [0, 0.05) is 61.4 Å². The molecule has 0 aromatic heterocycles. The molecule has 2 aliphatic heterocycles. The van der Waals surface area contributed by atoms with Gasteiger partial charge in [-0.1, -0.05) is 30.3 Å². The zero-order chi connectivity index (χ0) is 25.3. The fraction of sp³-hybridized carbons (Fsp3) is 0.154. The Morgan fingerprint density at radius 3 is 2.29 bits per heavy atom. The van der Waals surface area contributed by atoms with Gasteiger partial charge in [-0.2, -0.15) is 0 Å². The van der Waals surface area contributed by atoms with Crippen molar-refractivity contribution in [2.45, 2.75) is 11.1 Å². The maximum absolute atomic E-state index is 12.2. The van der Waals surface area contributed by atoms with E-state index in [-0.39, 0.29) is 17.0 Å². The molecule has 0 saturated heterocycles. The summed E-state index contributed by atoms with van der Waals surface area (Å²) in [6, 6.07) is 13.7. The number of fused-ring (bicyclic) bond motifs is 1. The predicted molar refractivity (Wildman–Crippen MR) is 138 cm³/mol. The second-order valence-electron chi connectivity index (χ2n) is 8.54. The average molecular weight is 490 g/mol. The molecular weight excluding hydrogens is 462 g/mol. The van der Waals surface area contributed by atoms with Gasteiger partial charge < -0.3 is 26.3 Å². The summed E-state index contributed by atoms with van der Waals surface area (Å²) >= 11 is 0. The third kappa shape index (κ3) is 4.76. The maximum atomic E-state index is 12.2. The lowest BCUT2D eigenvalue weighted by atomic mass is 9.98. The van der Waals surface area contributed by atoms with E-state index in [1.807, 2.05) is 41.6 Å². The van der Waals surface area contributed by atoms with Crippen LogP contribution in [0.15, 0.2) is 89.1 Å². The lowest BCUT2D eigenvalue weighted by Gasteiger charge is -2.28. The van der Waals surface area contributed by atoms with Gasteiger partial charge in [-0.05, 0) is 41.5 Å². The molecule has 1 amide bonds. The number of hydrogen-bond acceptors (Lipinski definition) is 7. The van der Waals surface area contributed by atoms with Crippen LogP contribution in [0.25, 0.3) is 11.4 Å². The monoisotopic (exact) mass is 489 g/mol. The molecule has 2 aromatic carbocycles. The lowest BCUT2D eigenvalue weighted by Crippen LogP contribution is -2.33. The minimum atomic E-state index is -3.31. The molecule has 4 rings (SSSR count). The van der Waals surface area contributed by atoms with Gasteiger partial charge in [0.05, 0.1) is 10.6 Å². The number of benzene rings is 2. The third-order valence-electron chi connectivity index (χ3n) is 5.88. The summed E-state index contributed by atoms with van der Waals surface area (Å²) in [6.45, 7) is 0. The lowest BCUT2D eigenvalue weighted by molar-refractivity contribution is 0.0827. The average Bonchev–Trinajstić information content (AvgIpc) is 3.27. The molecule has 9 heteroatoms. The maximum Gasteiger partial charge on any atom is 0.253 e. The standard InChI is InChI=1S/C26H27N5O3S/c1-30(2)26(32)19-6-4-17(5-7-19)23-15-29-24-13-10-20(16-31(23)24)22(14-27)25(28)18-8-11-21(12-9-18)35(3,33)34/h4-16,24,27,29H,28H2,1-3H3. The number of nitrogens with two attached hydrogens (primary N) is 1. The first kappa shape index (κ1) is 24.0. The van der Waals surface area contributed by atoms with Crippen LogP contribution < -0.4 is 11.1 Å². The van der Waals surface area contributed by atoms with Gasteiger partial charge in [0.25, 0.3) is 5.91 Å². The van der Waals surface area contributed by atoms with E-state index in [2.05, 4.69) is 5.32 Å². The van der Waals surface area contributed by atoms with Crippen LogP contribution in [0.3, 0.4) is 0 Å². The first-order chi connectivity index (χ1) is 16.6. The number of sulfone groups is 1. The molecule has 0 fully saturated rings. The first-order valence-electron chi connectivity index (χ1n) is 10.9. The Balaban J connectivity index is 1.64. The number of allylic oxidation sites excluding steroid dienone is 3. The normalized spacial score (nSPS) is 17.6. The summed E-state index contributed by atoms with van der Waals surface area (Å²) in [4.78, 5) is 16.0. The molecule has 2 aromatic rings. The highest BCUT2D eigenvalue weighted by Gasteiger charge is 2.27. The summed E-state index contributed by atoms with van der Waals surface area (Å²) < 4.78 is 23.5. The Morgan fingerprint density at radius 2 is 1.71 bits per heavy atom. The van der Waals surface area contributed by atoms with Crippen molar-refractivity contribution < 1.29 is 13.2 Å². The molecule has 1 unspecified atom stereocenters. The molecule has 4 N–H and O–H groups in total. The van der Waals surface area contributed by atoms with Crippen LogP contribution in [-0.4, -0.2) is 56.9 Å². The Kier molecular flexibility index (Phi) is 6.36. The van der Waals surface area contributed by atoms with E-state index in [1.54, 1.807) is 38.4 Å². The SMILES string of the molecule is CN(C)C(=O)c1ccc(C2=CNC3C=CC(C(C=N)=C(N)c4ccc(S(C)(=O)=O)cc4)=CN23)cc1. The van der Waals surface area contributed by atoms with Gasteiger partial charge in [-0.25, -0.2) is 8.42 Å². The van der Waals surface area contributed by atoms with Gasteiger partial charge in [-0.3, -0.25) is 4.79 Å². The van der Waals surface area contributed by atoms with Crippen molar-refractivity contribution in [3.8, 4) is 0 Å². The quantitative estimate of drug-likeness (QED) is 0.537. The van der Waals surface area contributed by atoms with Crippen molar-refractivity contribution in [2.24, 2.45) is 5.73 Å². The predicted octanol–water partition coefficient (Wildman–Crippen LogP) is 2.79. The Morgan fingerprint density at radius 1 is 1.09 bits per heavy atom. The first-order valence-corrected chi connectivity index (χ1v) is 12.8. The molecule has 0 bridgehead atoms. The van der Waals surface area contributed by atoms with E-state index in [0.717, 1.165) is 23.1 Å². The van der Waals surface area contributed by atoms with E-state index in [0.29, 0.717) is 22.4 Å². The summed E-state index contributed by atoms with van der Waals surface area (Å²) in [7, 11) is 0.127.